The fourth-order valence-electron chi connectivity index (χ4n) is 1.54. The molecular weight excluding hydrogens is 236 g/mol. The molecule has 0 aliphatic carbocycles. The molecule has 0 bridgehead atoms. The zero-order valence-corrected chi connectivity index (χ0v) is 10.6. The maximum absolute atomic E-state index is 6.07. The molecule has 4 nitrogen and oxygen atoms in total. The van der Waals surface area contributed by atoms with E-state index < -0.39 is 0 Å². The van der Waals surface area contributed by atoms with E-state index >= 15 is 0 Å². The van der Waals surface area contributed by atoms with E-state index in [1.54, 1.807) is 0 Å². The van der Waals surface area contributed by atoms with Crippen LogP contribution in [0, 0.1) is 6.92 Å². The summed E-state index contributed by atoms with van der Waals surface area (Å²) < 4.78 is 0. The Balaban J connectivity index is 1.96. The van der Waals surface area contributed by atoms with Crippen LogP contribution < -0.4 is 5.32 Å². The third-order valence-electron chi connectivity index (χ3n) is 2.69. The summed E-state index contributed by atoms with van der Waals surface area (Å²) in [6.45, 7) is 4.79. The number of aromatic nitrogens is 3. The van der Waals surface area contributed by atoms with Crippen molar-refractivity contribution in [1.29, 1.82) is 0 Å². The fraction of sp³-hybridized carbons (Fsp3) is 0.333. The standard InChI is InChI=1S/C12H15ClN4/c1-8-3-4-10(5-11(8)13)6-14-9(2)12-15-7-16-17-12/h3-5,7,9,14H,6H2,1-2H3,(H,15,16,17). The summed E-state index contributed by atoms with van der Waals surface area (Å²) in [7, 11) is 0. The third-order valence-corrected chi connectivity index (χ3v) is 3.10. The van der Waals surface area contributed by atoms with Crippen molar-refractivity contribution in [3.05, 3.63) is 46.5 Å². The SMILES string of the molecule is Cc1ccc(CNC(C)c2ncn[nH]2)cc1Cl. The van der Waals surface area contributed by atoms with Crippen LogP contribution in [0.15, 0.2) is 24.5 Å². The third kappa shape index (κ3) is 3.05. The molecule has 1 aromatic carbocycles. The topological polar surface area (TPSA) is 53.6 Å². The molecule has 2 aromatic rings. The van der Waals surface area contributed by atoms with E-state index in [0.29, 0.717) is 0 Å². The van der Waals surface area contributed by atoms with Gasteiger partial charge in [-0.05, 0) is 31.0 Å². The Morgan fingerprint density at radius 2 is 2.29 bits per heavy atom. The summed E-state index contributed by atoms with van der Waals surface area (Å²) in [5, 5.41) is 10.8. The van der Waals surface area contributed by atoms with Crippen LogP contribution in [0.2, 0.25) is 5.02 Å². The van der Waals surface area contributed by atoms with E-state index in [9.17, 15) is 0 Å². The van der Waals surface area contributed by atoms with Gasteiger partial charge in [0.05, 0.1) is 6.04 Å². The summed E-state index contributed by atoms with van der Waals surface area (Å²) in [6, 6.07) is 6.22. The fourth-order valence-corrected chi connectivity index (χ4v) is 1.74. The lowest BCUT2D eigenvalue weighted by Crippen LogP contribution is -2.19. The van der Waals surface area contributed by atoms with E-state index in [0.717, 1.165) is 28.5 Å². The van der Waals surface area contributed by atoms with Crippen molar-refractivity contribution in [2.45, 2.75) is 26.4 Å². The Morgan fingerprint density at radius 3 is 2.94 bits per heavy atom. The minimum absolute atomic E-state index is 0.137. The van der Waals surface area contributed by atoms with Crippen LogP contribution in [-0.4, -0.2) is 15.2 Å². The molecule has 2 rings (SSSR count). The van der Waals surface area contributed by atoms with Crippen molar-refractivity contribution in [1.82, 2.24) is 20.5 Å². The molecule has 0 saturated heterocycles. The van der Waals surface area contributed by atoms with Gasteiger partial charge in [-0.25, -0.2) is 4.98 Å². The lowest BCUT2D eigenvalue weighted by atomic mass is 10.1. The number of benzene rings is 1. The highest BCUT2D eigenvalue weighted by Gasteiger charge is 2.07. The summed E-state index contributed by atoms with van der Waals surface area (Å²) >= 11 is 6.07. The van der Waals surface area contributed by atoms with Crippen molar-refractivity contribution < 1.29 is 0 Å². The average Bonchev–Trinajstić information content (AvgIpc) is 2.84. The number of hydrogen-bond donors (Lipinski definition) is 2. The molecule has 0 saturated carbocycles. The van der Waals surface area contributed by atoms with Gasteiger partial charge in [-0.2, -0.15) is 5.10 Å². The average molecular weight is 251 g/mol. The Hall–Kier alpha value is -1.39. The van der Waals surface area contributed by atoms with E-state index in [4.69, 9.17) is 11.6 Å². The Labute approximate surface area is 105 Å². The molecule has 1 heterocycles. The van der Waals surface area contributed by atoms with Gasteiger partial charge >= 0.3 is 0 Å². The number of rotatable bonds is 4. The van der Waals surface area contributed by atoms with E-state index in [1.807, 2.05) is 26.0 Å². The minimum atomic E-state index is 0.137. The molecule has 5 heteroatoms. The first-order chi connectivity index (χ1) is 8.16. The first-order valence-corrected chi connectivity index (χ1v) is 5.88. The number of aryl methyl sites for hydroxylation is 1. The maximum atomic E-state index is 6.07. The lowest BCUT2D eigenvalue weighted by molar-refractivity contribution is 0.548. The molecule has 0 aliphatic rings. The number of hydrogen-bond acceptors (Lipinski definition) is 3. The van der Waals surface area contributed by atoms with Gasteiger partial charge in [0.25, 0.3) is 0 Å². The van der Waals surface area contributed by atoms with Gasteiger partial charge in [0.15, 0.2) is 0 Å². The predicted molar refractivity (Wildman–Crippen MR) is 67.8 cm³/mol. The summed E-state index contributed by atoms with van der Waals surface area (Å²) in [6.07, 6.45) is 1.51. The number of nitrogens with one attached hydrogen (secondary N) is 2. The second-order valence-electron chi connectivity index (χ2n) is 4.06. The van der Waals surface area contributed by atoms with Crippen LogP contribution in [0.3, 0.4) is 0 Å². The van der Waals surface area contributed by atoms with Crippen LogP contribution in [0.1, 0.15) is 29.9 Å². The minimum Gasteiger partial charge on any atom is -0.303 e. The van der Waals surface area contributed by atoms with Gasteiger partial charge in [0.2, 0.25) is 0 Å². The summed E-state index contributed by atoms with van der Waals surface area (Å²) in [5.74, 6) is 0.836. The van der Waals surface area contributed by atoms with Crippen LogP contribution in [0.25, 0.3) is 0 Å². The van der Waals surface area contributed by atoms with Crippen molar-refractivity contribution in [2.24, 2.45) is 0 Å². The summed E-state index contributed by atoms with van der Waals surface area (Å²) in [5.41, 5.74) is 2.26. The second kappa shape index (κ2) is 5.29. The number of aromatic amines is 1. The van der Waals surface area contributed by atoms with Crippen LogP contribution >= 0.6 is 11.6 Å². The van der Waals surface area contributed by atoms with Gasteiger partial charge in [-0.1, -0.05) is 23.7 Å². The van der Waals surface area contributed by atoms with E-state index in [2.05, 4.69) is 26.6 Å². The molecule has 1 atom stereocenters. The Bertz CT molecular complexity index is 481. The second-order valence-corrected chi connectivity index (χ2v) is 4.46. The molecule has 0 fully saturated rings. The smallest absolute Gasteiger partial charge is 0.141 e. The van der Waals surface area contributed by atoms with Crippen molar-refractivity contribution in [3.8, 4) is 0 Å². The van der Waals surface area contributed by atoms with Crippen molar-refractivity contribution in [2.75, 3.05) is 0 Å². The highest BCUT2D eigenvalue weighted by atomic mass is 35.5. The first-order valence-electron chi connectivity index (χ1n) is 5.50. The van der Waals surface area contributed by atoms with E-state index in [1.165, 1.54) is 6.33 Å². The number of H-pyrrole nitrogens is 1. The Morgan fingerprint density at radius 1 is 1.47 bits per heavy atom. The number of halogens is 1. The van der Waals surface area contributed by atoms with Gasteiger partial charge in [-0.3, -0.25) is 5.10 Å². The van der Waals surface area contributed by atoms with Gasteiger partial charge in [0, 0.05) is 11.6 Å². The van der Waals surface area contributed by atoms with Gasteiger partial charge in [-0.15, -0.1) is 0 Å². The molecule has 1 aromatic heterocycles. The molecule has 0 amide bonds. The van der Waals surface area contributed by atoms with Crippen molar-refractivity contribution in [3.63, 3.8) is 0 Å². The predicted octanol–water partition coefficient (Wildman–Crippen LogP) is 2.62. The highest BCUT2D eigenvalue weighted by Crippen LogP contribution is 2.17. The quantitative estimate of drug-likeness (QED) is 0.877. The molecule has 1 unspecified atom stereocenters. The van der Waals surface area contributed by atoms with Crippen LogP contribution in [0.4, 0.5) is 0 Å². The monoisotopic (exact) mass is 250 g/mol. The van der Waals surface area contributed by atoms with Crippen molar-refractivity contribution >= 4 is 11.6 Å². The normalized spacial score (nSPS) is 12.6. The van der Waals surface area contributed by atoms with Gasteiger partial charge < -0.3 is 5.32 Å². The molecule has 90 valence electrons. The summed E-state index contributed by atoms with van der Waals surface area (Å²) in [4.78, 5) is 4.10. The molecule has 2 N–H and O–H groups in total. The Kier molecular flexibility index (Phi) is 3.76. The zero-order chi connectivity index (χ0) is 12.3. The highest BCUT2D eigenvalue weighted by molar-refractivity contribution is 6.31. The lowest BCUT2D eigenvalue weighted by Gasteiger charge is -2.11. The van der Waals surface area contributed by atoms with Crippen LogP contribution in [-0.2, 0) is 6.54 Å². The molecule has 0 radical (unpaired) electrons. The largest absolute Gasteiger partial charge is 0.303 e. The maximum Gasteiger partial charge on any atom is 0.141 e. The number of nitrogens with zero attached hydrogens (tertiary/aromatic N) is 2. The zero-order valence-electron chi connectivity index (χ0n) is 9.87. The van der Waals surface area contributed by atoms with Gasteiger partial charge in [0.1, 0.15) is 12.2 Å². The van der Waals surface area contributed by atoms with E-state index in [-0.39, 0.29) is 6.04 Å². The molecule has 0 spiro atoms. The molecule has 17 heavy (non-hydrogen) atoms. The molecule has 0 aliphatic heterocycles. The molecular formula is C12H15ClN4. The first kappa shape index (κ1) is 12.1. The van der Waals surface area contributed by atoms with Crippen LogP contribution in [0.5, 0.6) is 0 Å².